The predicted octanol–water partition coefficient (Wildman–Crippen LogP) is 2.13. The molecular weight excluding hydrogens is 303 g/mol. The Morgan fingerprint density at radius 3 is 2.04 bits per heavy atom. The van der Waals surface area contributed by atoms with Crippen LogP contribution < -0.4 is 9.84 Å². The maximum Gasteiger partial charge on any atom is 0.338 e. The van der Waals surface area contributed by atoms with E-state index in [2.05, 4.69) is 0 Å². The lowest BCUT2D eigenvalue weighted by Crippen LogP contribution is -2.45. The second kappa shape index (κ2) is 7.44. The Morgan fingerprint density at radius 2 is 1.65 bits per heavy atom. The van der Waals surface area contributed by atoms with E-state index in [0.29, 0.717) is 5.75 Å². The normalized spacial score (nSPS) is 14.2. The number of ether oxygens (including phenoxy) is 2. The number of esters is 1. The van der Waals surface area contributed by atoms with Crippen LogP contribution >= 0.6 is 0 Å². The van der Waals surface area contributed by atoms with Crippen molar-refractivity contribution < 1.29 is 28.6 Å². The highest BCUT2D eigenvalue weighted by atomic mass is 19.1. The Balaban J connectivity index is 2.82. The van der Waals surface area contributed by atoms with Gasteiger partial charge in [0.1, 0.15) is 17.5 Å². The third-order valence-corrected chi connectivity index (χ3v) is 2.93. The molecule has 2 unspecified atom stereocenters. The Hall–Kier alpha value is -2.11. The Kier molecular flexibility index (Phi) is 6.12. The van der Waals surface area contributed by atoms with Crippen molar-refractivity contribution in [2.75, 3.05) is 0 Å². The molecule has 0 aliphatic rings. The molecule has 0 aliphatic heterocycles. The summed E-state index contributed by atoms with van der Waals surface area (Å²) in [6.07, 6.45) is -3.78. The molecule has 0 amide bonds. The first-order valence-electron chi connectivity index (χ1n) is 7.36. The molecule has 1 aromatic carbocycles. The molecule has 0 saturated heterocycles. The van der Waals surface area contributed by atoms with Crippen molar-refractivity contribution in [3.05, 3.63) is 29.8 Å². The zero-order chi connectivity index (χ0) is 17.8. The SMILES string of the molecule is CC(C)C(OC(=O)c1ccc(OC(C)(C)C)cc1)C(F)C(=O)[O-]. The average Bonchev–Trinajstić information content (AvgIpc) is 2.42. The summed E-state index contributed by atoms with van der Waals surface area (Å²) < 4.78 is 24.2. The average molecular weight is 325 g/mol. The van der Waals surface area contributed by atoms with Gasteiger partial charge in [-0.05, 0) is 51.0 Å². The summed E-state index contributed by atoms with van der Waals surface area (Å²) in [4.78, 5) is 22.7. The topological polar surface area (TPSA) is 75.7 Å². The summed E-state index contributed by atoms with van der Waals surface area (Å²) in [5, 5.41) is 10.6. The van der Waals surface area contributed by atoms with Crippen LogP contribution in [0.5, 0.6) is 5.75 Å². The van der Waals surface area contributed by atoms with Gasteiger partial charge in [0.15, 0.2) is 6.17 Å². The molecule has 0 aliphatic carbocycles. The van der Waals surface area contributed by atoms with Crippen molar-refractivity contribution in [2.45, 2.75) is 52.5 Å². The van der Waals surface area contributed by atoms with E-state index in [1.807, 2.05) is 20.8 Å². The highest BCUT2D eigenvalue weighted by Gasteiger charge is 2.29. The number of carboxylic acid groups (broad SMARTS) is 1. The molecule has 0 bridgehead atoms. The minimum absolute atomic E-state index is 0.183. The third kappa shape index (κ3) is 5.88. The van der Waals surface area contributed by atoms with Gasteiger partial charge in [-0.25, -0.2) is 9.18 Å². The molecule has 2 atom stereocenters. The largest absolute Gasteiger partial charge is 0.547 e. The number of carbonyl (C=O) groups is 2. The van der Waals surface area contributed by atoms with E-state index in [-0.39, 0.29) is 11.2 Å². The number of aliphatic carboxylic acids is 1. The molecule has 0 N–H and O–H groups in total. The second-order valence-electron chi connectivity index (χ2n) is 6.57. The van der Waals surface area contributed by atoms with Gasteiger partial charge < -0.3 is 19.4 Å². The van der Waals surface area contributed by atoms with Gasteiger partial charge in [-0.15, -0.1) is 0 Å². The Labute approximate surface area is 135 Å². The number of carboxylic acids is 1. The number of carbonyl (C=O) groups excluding carboxylic acids is 2. The number of rotatable bonds is 6. The van der Waals surface area contributed by atoms with Crippen LogP contribution in [0.3, 0.4) is 0 Å². The van der Waals surface area contributed by atoms with E-state index in [0.717, 1.165) is 0 Å². The van der Waals surface area contributed by atoms with Gasteiger partial charge in [0.05, 0.1) is 11.5 Å². The van der Waals surface area contributed by atoms with Gasteiger partial charge in [-0.2, -0.15) is 0 Å². The molecule has 1 aromatic rings. The van der Waals surface area contributed by atoms with Crippen molar-refractivity contribution in [2.24, 2.45) is 5.92 Å². The lowest BCUT2D eigenvalue weighted by atomic mass is 10.0. The molecule has 0 heterocycles. The molecule has 5 nitrogen and oxygen atoms in total. The minimum Gasteiger partial charge on any atom is -0.547 e. The van der Waals surface area contributed by atoms with Crippen LogP contribution in [0.15, 0.2) is 24.3 Å². The van der Waals surface area contributed by atoms with Crippen molar-refractivity contribution >= 4 is 11.9 Å². The van der Waals surface area contributed by atoms with Crippen LogP contribution in [0, 0.1) is 5.92 Å². The monoisotopic (exact) mass is 325 g/mol. The zero-order valence-electron chi connectivity index (χ0n) is 14.0. The molecule has 128 valence electrons. The fourth-order valence-corrected chi connectivity index (χ4v) is 1.87. The van der Waals surface area contributed by atoms with Crippen molar-refractivity contribution in [3.63, 3.8) is 0 Å². The van der Waals surface area contributed by atoms with Gasteiger partial charge in [0.25, 0.3) is 0 Å². The van der Waals surface area contributed by atoms with Gasteiger partial charge >= 0.3 is 5.97 Å². The molecule has 0 saturated carbocycles. The molecule has 0 radical (unpaired) electrons. The van der Waals surface area contributed by atoms with E-state index in [4.69, 9.17) is 9.47 Å². The summed E-state index contributed by atoms with van der Waals surface area (Å²) in [7, 11) is 0. The first kappa shape index (κ1) is 18.9. The van der Waals surface area contributed by atoms with Gasteiger partial charge in [0, 0.05) is 0 Å². The standard InChI is InChI=1S/C17H23FO5/c1-10(2)14(13(18)15(19)20)22-16(21)11-6-8-12(9-7-11)23-17(3,4)5/h6-10,13-14H,1-5H3,(H,19,20)/p-1. The number of alkyl halides is 1. The van der Waals surface area contributed by atoms with Gasteiger partial charge in [0.2, 0.25) is 0 Å². The van der Waals surface area contributed by atoms with Gasteiger partial charge in [-0.3, -0.25) is 0 Å². The molecule has 0 aromatic heterocycles. The summed E-state index contributed by atoms with van der Waals surface area (Å²) in [6, 6.07) is 6.15. The quantitative estimate of drug-likeness (QED) is 0.749. The molecule has 6 heteroatoms. The Morgan fingerprint density at radius 1 is 1.13 bits per heavy atom. The van der Waals surface area contributed by atoms with Crippen LogP contribution in [0.4, 0.5) is 4.39 Å². The number of hydrogen-bond acceptors (Lipinski definition) is 5. The maximum absolute atomic E-state index is 13.6. The highest BCUT2D eigenvalue weighted by molar-refractivity contribution is 5.90. The predicted molar refractivity (Wildman–Crippen MR) is 80.8 cm³/mol. The lowest BCUT2D eigenvalue weighted by molar-refractivity contribution is -0.315. The minimum atomic E-state index is -2.37. The molecule has 1 rings (SSSR count). The molecule has 0 fully saturated rings. The van der Waals surface area contributed by atoms with E-state index >= 15 is 0 Å². The smallest absolute Gasteiger partial charge is 0.338 e. The first-order chi connectivity index (χ1) is 10.5. The molecule has 23 heavy (non-hydrogen) atoms. The molecule has 0 spiro atoms. The highest BCUT2D eigenvalue weighted by Crippen LogP contribution is 2.20. The summed E-state index contributed by atoms with van der Waals surface area (Å²) >= 11 is 0. The van der Waals surface area contributed by atoms with Crippen molar-refractivity contribution in [1.29, 1.82) is 0 Å². The molecular formula is C17H22FO5-. The van der Waals surface area contributed by atoms with Crippen molar-refractivity contribution in [1.82, 2.24) is 0 Å². The number of halogens is 1. The van der Waals surface area contributed by atoms with E-state index in [1.54, 1.807) is 26.0 Å². The van der Waals surface area contributed by atoms with Crippen molar-refractivity contribution in [3.8, 4) is 5.75 Å². The fraction of sp³-hybridized carbons (Fsp3) is 0.529. The van der Waals surface area contributed by atoms with Crippen LogP contribution in [-0.4, -0.2) is 29.8 Å². The maximum atomic E-state index is 13.6. The van der Waals surface area contributed by atoms with Crippen LogP contribution in [0.25, 0.3) is 0 Å². The Bertz CT molecular complexity index is 545. The van der Waals surface area contributed by atoms with Crippen LogP contribution in [-0.2, 0) is 9.53 Å². The van der Waals surface area contributed by atoms with E-state index in [1.165, 1.54) is 12.1 Å². The third-order valence-electron chi connectivity index (χ3n) is 2.93. The second-order valence-corrected chi connectivity index (χ2v) is 6.57. The summed E-state index contributed by atoms with van der Waals surface area (Å²) in [5.74, 6) is -2.62. The summed E-state index contributed by atoms with van der Waals surface area (Å²) in [5.41, 5.74) is -0.191. The summed E-state index contributed by atoms with van der Waals surface area (Å²) in [6.45, 7) is 8.80. The number of benzene rings is 1. The fourth-order valence-electron chi connectivity index (χ4n) is 1.87. The van der Waals surface area contributed by atoms with Crippen LogP contribution in [0.2, 0.25) is 0 Å². The lowest BCUT2D eigenvalue weighted by Gasteiger charge is -2.25. The van der Waals surface area contributed by atoms with E-state index in [9.17, 15) is 19.1 Å². The van der Waals surface area contributed by atoms with Crippen LogP contribution in [0.1, 0.15) is 45.0 Å². The first-order valence-corrected chi connectivity index (χ1v) is 7.36. The zero-order valence-corrected chi connectivity index (χ0v) is 14.0. The van der Waals surface area contributed by atoms with E-state index < -0.39 is 30.1 Å². The van der Waals surface area contributed by atoms with Gasteiger partial charge in [-0.1, -0.05) is 13.8 Å². The number of hydrogen-bond donors (Lipinski definition) is 0.